The third-order valence-corrected chi connectivity index (χ3v) is 5.24. The van der Waals surface area contributed by atoms with Gasteiger partial charge in [0.25, 0.3) is 11.8 Å². The van der Waals surface area contributed by atoms with E-state index in [1.54, 1.807) is 43.7 Å². The highest BCUT2D eigenvalue weighted by atomic mass is 79.9. The molecule has 0 aliphatic carbocycles. The molecule has 0 saturated heterocycles. The van der Waals surface area contributed by atoms with E-state index in [-0.39, 0.29) is 17.6 Å². The number of pyridine rings is 1. The van der Waals surface area contributed by atoms with E-state index < -0.39 is 5.91 Å². The van der Waals surface area contributed by atoms with Crippen LogP contribution in [0.2, 0.25) is 5.02 Å². The van der Waals surface area contributed by atoms with Crippen LogP contribution in [0.5, 0.6) is 0 Å². The first-order valence-corrected chi connectivity index (χ1v) is 10.1. The van der Waals surface area contributed by atoms with Gasteiger partial charge in [0, 0.05) is 25.5 Å². The van der Waals surface area contributed by atoms with Crippen LogP contribution in [0.25, 0.3) is 5.82 Å². The minimum atomic E-state index is -0.460. The maximum atomic E-state index is 13.2. The van der Waals surface area contributed by atoms with Crippen LogP contribution in [0, 0.1) is 6.92 Å². The second-order valence-corrected chi connectivity index (χ2v) is 7.83. The van der Waals surface area contributed by atoms with Crippen molar-refractivity contribution >= 4 is 51.2 Å². The Kier molecular flexibility index (Phi) is 5.40. The van der Waals surface area contributed by atoms with Crippen LogP contribution in [-0.2, 0) is 0 Å². The molecule has 1 aliphatic heterocycles. The molecule has 152 valence electrons. The third kappa shape index (κ3) is 3.86. The molecular formula is C20H16BrClN6O2. The summed E-state index contributed by atoms with van der Waals surface area (Å²) in [6.07, 6.45) is 3.36. The maximum absolute atomic E-state index is 13.2. The topological polar surface area (TPSA) is 101 Å². The summed E-state index contributed by atoms with van der Waals surface area (Å²) in [6.45, 7) is 1.83. The van der Waals surface area contributed by atoms with Gasteiger partial charge in [-0.3, -0.25) is 14.6 Å². The number of hydrogen-bond acceptors (Lipinski definition) is 5. The van der Waals surface area contributed by atoms with Gasteiger partial charge in [0.05, 0.1) is 16.3 Å². The average molecular weight is 488 g/mol. The number of carbonyl (C=O) groups excluding carboxylic acids is 2. The van der Waals surface area contributed by atoms with Crippen LogP contribution in [0.3, 0.4) is 0 Å². The van der Waals surface area contributed by atoms with Crippen molar-refractivity contribution in [3.8, 4) is 5.82 Å². The first-order chi connectivity index (χ1) is 14.4. The summed E-state index contributed by atoms with van der Waals surface area (Å²) in [5.41, 5.74) is 2.63. The van der Waals surface area contributed by atoms with E-state index in [9.17, 15) is 9.59 Å². The van der Waals surface area contributed by atoms with Crippen LogP contribution in [-0.4, -0.2) is 39.8 Å². The van der Waals surface area contributed by atoms with Gasteiger partial charge in [-0.15, -0.1) is 0 Å². The number of carbonyl (C=O) groups is 2. The first-order valence-electron chi connectivity index (χ1n) is 8.96. The lowest BCUT2D eigenvalue weighted by Crippen LogP contribution is -2.24. The molecule has 0 spiro atoms. The Balaban J connectivity index is 1.73. The lowest BCUT2D eigenvalue weighted by Gasteiger charge is -2.15. The molecule has 2 amide bonds. The van der Waals surface area contributed by atoms with E-state index in [1.807, 2.05) is 13.0 Å². The summed E-state index contributed by atoms with van der Waals surface area (Å²) in [5.74, 6) is -0.448. The summed E-state index contributed by atoms with van der Waals surface area (Å²) >= 11 is 9.53. The van der Waals surface area contributed by atoms with Gasteiger partial charge >= 0.3 is 0 Å². The summed E-state index contributed by atoms with van der Waals surface area (Å²) in [4.78, 5) is 34.0. The number of aryl methyl sites for hydroxylation is 1. The van der Waals surface area contributed by atoms with Crippen molar-refractivity contribution in [2.24, 2.45) is 4.99 Å². The average Bonchev–Trinajstić information content (AvgIpc) is 3.50. The lowest BCUT2D eigenvalue weighted by molar-refractivity contribution is 0.0964. The van der Waals surface area contributed by atoms with E-state index >= 15 is 0 Å². The minimum absolute atomic E-state index is 0.0134. The number of aliphatic imine (C=N–C) groups is 1. The molecule has 0 bridgehead atoms. The number of anilines is 1. The molecule has 4 rings (SSSR count). The smallest absolute Gasteiger partial charge is 0.274 e. The fourth-order valence-corrected chi connectivity index (χ4v) is 3.64. The van der Waals surface area contributed by atoms with Crippen LogP contribution in [0.15, 0.2) is 46.1 Å². The Morgan fingerprint density at radius 3 is 2.67 bits per heavy atom. The van der Waals surface area contributed by atoms with E-state index in [2.05, 4.69) is 41.6 Å². The predicted molar refractivity (Wildman–Crippen MR) is 118 cm³/mol. The molecule has 8 nitrogen and oxygen atoms in total. The van der Waals surface area contributed by atoms with Crippen LogP contribution in [0.1, 0.15) is 38.0 Å². The SMILES string of the molecule is CNC(=O)c1cc(C2C=N2)cc(C)c1NC(=O)c1cc(Br)nn1-c1ncccc1Cl. The Labute approximate surface area is 185 Å². The standard InChI is InChI=1S/C20H16BrClN6O2/c1-10-6-11(14-9-25-14)7-12(19(29)23-2)17(10)26-20(30)15-8-16(21)27-28(15)18-13(22)4-3-5-24-18/h3-9,14H,1-2H3,(H,23,29)(H,26,30). The zero-order chi connectivity index (χ0) is 21.4. The molecule has 3 aromatic rings. The van der Waals surface area contributed by atoms with Crippen molar-refractivity contribution in [2.75, 3.05) is 12.4 Å². The Hall–Kier alpha value is -3.04. The van der Waals surface area contributed by atoms with Gasteiger partial charge in [0.2, 0.25) is 0 Å². The van der Waals surface area contributed by atoms with Gasteiger partial charge < -0.3 is 10.6 Å². The first kappa shape index (κ1) is 20.2. The zero-order valence-electron chi connectivity index (χ0n) is 16.0. The van der Waals surface area contributed by atoms with Crippen molar-refractivity contribution in [3.05, 3.63) is 68.5 Å². The molecule has 1 unspecified atom stereocenters. The monoisotopic (exact) mass is 486 g/mol. The highest BCUT2D eigenvalue weighted by Gasteiger charge is 2.24. The molecule has 0 radical (unpaired) electrons. The van der Waals surface area contributed by atoms with Gasteiger partial charge in [-0.2, -0.15) is 5.10 Å². The number of benzene rings is 1. The molecule has 1 atom stereocenters. The fraction of sp³-hybridized carbons (Fsp3) is 0.150. The number of amides is 2. The van der Waals surface area contributed by atoms with Crippen LogP contribution < -0.4 is 10.6 Å². The Bertz CT molecular complexity index is 1200. The molecule has 2 N–H and O–H groups in total. The zero-order valence-corrected chi connectivity index (χ0v) is 18.3. The maximum Gasteiger partial charge on any atom is 0.274 e. The highest BCUT2D eigenvalue weighted by Crippen LogP contribution is 2.31. The van der Waals surface area contributed by atoms with Gasteiger partial charge in [0.15, 0.2) is 5.82 Å². The quantitative estimate of drug-likeness (QED) is 0.572. The summed E-state index contributed by atoms with van der Waals surface area (Å²) < 4.78 is 1.79. The molecule has 30 heavy (non-hydrogen) atoms. The lowest BCUT2D eigenvalue weighted by atomic mass is 10.00. The molecule has 0 fully saturated rings. The molecule has 1 aliphatic rings. The van der Waals surface area contributed by atoms with Crippen LogP contribution in [0.4, 0.5) is 5.69 Å². The second-order valence-electron chi connectivity index (χ2n) is 6.61. The molecule has 10 heteroatoms. The van der Waals surface area contributed by atoms with Gasteiger partial charge in [-0.25, -0.2) is 9.67 Å². The van der Waals surface area contributed by atoms with Gasteiger partial charge in [0.1, 0.15) is 16.3 Å². The summed E-state index contributed by atoms with van der Waals surface area (Å²) in [5, 5.41) is 10.1. The van der Waals surface area contributed by atoms with Crippen molar-refractivity contribution in [1.82, 2.24) is 20.1 Å². The molecule has 3 heterocycles. The number of halogens is 2. The Morgan fingerprint density at radius 2 is 2.00 bits per heavy atom. The third-order valence-electron chi connectivity index (χ3n) is 4.56. The van der Waals surface area contributed by atoms with Crippen molar-refractivity contribution in [1.29, 1.82) is 0 Å². The van der Waals surface area contributed by atoms with Crippen molar-refractivity contribution < 1.29 is 9.59 Å². The van der Waals surface area contributed by atoms with Gasteiger partial charge in [-0.05, 0) is 52.2 Å². The largest absolute Gasteiger partial charge is 0.355 e. The van der Waals surface area contributed by atoms with Crippen molar-refractivity contribution in [3.63, 3.8) is 0 Å². The highest BCUT2D eigenvalue weighted by molar-refractivity contribution is 9.10. The van der Waals surface area contributed by atoms with Gasteiger partial charge in [-0.1, -0.05) is 17.7 Å². The van der Waals surface area contributed by atoms with E-state index in [4.69, 9.17) is 11.6 Å². The predicted octanol–water partition coefficient (Wildman–Crippen LogP) is 3.73. The number of nitrogens with zero attached hydrogens (tertiary/aromatic N) is 4. The number of hydrogen-bond donors (Lipinski definition) is 2. The van der Waals surface area contributed by atoms with Crippen LogP contribution >= 0.6 is 27.5 Å². The minimum Gasteiger partial charge on any atom is -0.355 e. The second kappa shape index (κ2) is 8.00. The normalized spacial score (nSPS) is 14.5. The fourth-order valence-electron chi connectivity index (χ4n) is 3.07. The molecular weight excluding hydrogens is 472 g/mol. The summed E-state index contributed by atoms with van der Waals surface area (Å²) in [6, 6.07) is 8.54. The number of nitrogens with one attached hydrogen (secondary N) is 2. The van der Waals surface area contributed by atoms with E-state index in [1.165, 1.54) is 4.68 Å². The molecule has 2 aromatic heterocycles. The molecule has 1 aromatic carbocycles. The summed E-state index contributed by atoms with van der Waals surface area (Å²) in [7, 11) is 1.54. The van der Waals surface area contributed by atoms with E-state index in [0.29, 0.717) is 26.7 Å². The number of rotatable bonds is 5. The Morgan fingerprint density at radius 1 is 1.23 bits per heavy atom. The number of aromatic nitrogens is 3. The molecule has 0 saturated carbocycles. The van der Waals surface area contributed by atoms with Crippen molar-refractivity contribution in [2.45, 2.75) is 13.0 Å². The van der Waals surface area contributed by atoms with E-state index in [0.717, 1.165) is 11.1 Å².